The van der Waals surface area contributed by atoms with E-state index in [2.05, 4.69) is 21.7 Å². The van der Waals surface area contributed by atoms with Gasteiger partial charge in [-0.05, 0) is 25.1 Å². The summed E-state index contributed by atoms with van der Waals surface area (Å²) in [6.07, 6.45) is -0.108. The number of nitrogens with two attached hydrogens (primary N) is 2. The number of rotatable bonds is 3. The molecule has 1 unspecified atom stereocenters. The van der Waals surface area contributed by atoms with Gasteiger partial charge in [-0.3, -0.25) is 4.99 Å². The van der Waals surface area contributed by atoms with Gasteiger partial charge in [0.2, 0.25) is 0 Å². The monoisotopic (exact) mass is 336 g/mol. The lowest BCUT2D eigenvalue weighted by Crippen LogP contribution is -2.41. The van der Waals surface area contributed by atoms with Crippen LogP contribution in [0.1, 0.15) is 12.5 Å². The fourth-order valence-electron chi connectivity index (χ4n) is 2.92. The number of amidine groups is 1. The Morgan fingerprint density at radius 2 is 1.88 bits per heavy atom. The van der Waals surface area contributed by atoms with Crippen LogP contribution in [0, 0.1) is 0 Å². The fraction of sp³-hybridized carbons (Fsp3) is 0.263. The maximum absolute atomic E-state index is 5.97. The van der Waals surface area contributed by atoms with Gasteiger partial charge in [-0.1, -0.05) is 24.3 Å². The van der Waals surface area contributed by atoms with Crippen molar-refractivity contribution >= 4 is 22.6 Å². The molecule has 0 saturated carbocycles. The summed E-state index contributed by atoms with van der Waals surface area (Å²) in [5, 5.41) is 0. The molecule has 1 atom stereocenters. The van der Waals surface area contributed by atoms with Crippen molar-refractivity contribution < 1.29 is 0 Å². The number of aryl methyl sites for hydroxylation is 1. The van der Waals surface area contributed by atoms with Gasteiger partial charge in [-0.25, -0.2) is 4.98 Å². The quantitative estimate of drug-likeness (QED) is 0.333. The molecule has 4 N–H and O–H groups in total. The van der Waals surface area contributed by atoms with Crippen molar-refractivity contribution in [1.82, 2.24) is 14.5 Å². The molecular formula is C19H24N6. The highest BCUT2D eigenvalue weighted by molar-refractivity contribution is 5.99. The van der Waals surface area contributed by atoms with Crippen molar-refractivity contribution in [3.63, 3.8) is 0 Å². The highest BCUT2D eigenvalue weighted by Gasteiger charge is 2.14. The molecule has 0 fully saturated rings. The van der Waals surface area contributed by atoms with E-state index < -0.39 is 0 Å². The molecule has 1 heterocycles. The average molecular weight is 336 g/mol. The molecule has 0 aliphatic rings. The van der Waals surface area contributed by atoms with E-state index in [9.17, 15) is 0 Å². The van der Waals surface area contributed by atoms with Crippen LogP contribution in [-0.2, 0) is 7.05 Å². The van der Waals surface area contributed by atoms with E-state index in [0.29, 0.717) is 0 Å². The van der Waals surface area contributed by atoms with Gasteiger partial charge >= 0.3 is 0 Å². The maximum Gasteiger partial charge on any atom is 0.140 e. The third-order valence-electron chi connectivity index (χ3n) is 4.46. The molecule has 6 nitrogen and oxygen atoms in total. The number of nitrogen functional groups attached to an aromatic ring is 1. The Morgan fingerprint density at radius 3 is 2.48 bits per heavy atom. The number of nitrogens with zero attached hydrogens (tertiary/aromatic N) is 4. The number of hydrogen-bond donors (Lipinski definition) is 2. The van der Waals surface area contributed by atoms with Crippen LogP contribution in [0.2, 0.25) is 0 Å². The van der Waals surface area contributed by atoms with E-state index >= 15 is 0 Å². The number of benzene rings is 2. The van der Waals surface area contributed by atoms with Crippen molar-refractivity contribution in [2.45, 2.75) is 13.1 Å². The Bertz CT molecular complexity index is 921. The van der Waals surface area contributed by atoms with Crippen LogP contribution in [-0.4, -0.2) is 40.5 Å². The summed E-state index contributed by atoms with van der Waals surface area (Å²) in [6.45, 7) is 1.94. The van der Waals surface area contributed by atoms with Gasteiger partial charge in [-0.2, -0.15) is 0 Å². The van der Waals surface area contributed by atoms with Crippen LogP contribution in [0.5, 0.6) is 0 Å². The molecule has 6 heteroatoms. The van der Waals surface area contributed by atoms with Crippen molar-refractivity contribution in [2.24, 2.45) is 17.8 Å². The van der Waals surface area contributed by atoms with Gasteiger partial charge in [0.25, 0.3) is 0 Å². The van der Waals surface area contributed by atoms with Gasteiger partial charge in [0, 0.05) is 38.0 Å². The minimum atomic E-state index is -0.108. The number of fused-ring (bicyclic) bond motifs is 1. The molecule has 0 aliphatic heterocycles. The molecule has 130 valence electrons. The topological polar surface area (TPSA) is 85.5 Å². The van der Waals surface area contributed by atoms with Crippen LogP contribution in [0.3, 0.4) is 0 Å². The van der Waals surface area contributed by atoms with E-state index in [0.717, 1.165) is 39.5 Å². The van der Waals surface area contributed by atoms with Gasteiger partial charge < -0.3 is 20.9 Å². The third-order valence-corrected chi connectivity index (χ3v) is 4.46. The van der Waals surface area contributed by atoms with E-state index in [1.165, 1.54) is 0 Å². The number of anilines is 1. The largest absolute Gasteiger partial charge is 0.399 e. The molecule has 1 aromatic heterocycles. The van der Waals surface area contributed by atoms with Crippen LogP contribution < -0.4 is 11.5 Å². The third kappa shape index (κ3) is 3.08. The molecule has 0 aliphatic carbocycles. The SMILES string of the molecule is CN=C(c1ccc(-c2nc3ccc(N)cc3n2C)cc1)N(C)C(C)N. The normalized spacial score (nSPS) is 13.2. The van der Waals surface area contributed by atoms with Crippen LogP contribution in [0.25, 0.3) is 22.4 Å². The predicted octanol–water partition coefficient (Wildman–Crippen LogP) is 2.44. The van der Waals surface area contributed by atoms with E-state index in [1.54, 1.807) is 7.05 Å². The first-order valence-corrected chi connectivity index (χ1v) is 8.20. The van der Waals surface area contributed by atoms with Crippen molar-refractivity contribution in [3.05, 3.63) is 48.0 Å². The van der Waals surface area contributed by atoms with Crippen molar-refractivity contribution in [3.8, 4) is 11.4 Å². The lowest BCUT2D eigenvalue weighted by atomic mass is 10.1. The molecule has 0 spiro atoms. The first-order chi connectivity index (χ1) is 11.9. The molecule has 3 rings (SSSR count). The Labute approximate surface area is 147 Å². The molecular weight excluding hydrogens is 312 g/mol. The summed E-state index contributed by atoms with van der Waals surface area (Å²) in [5.41, 5.74) is 16.6. The summed E-state index contributed by atoms with van der Waals surface area (Å²) < 4.78 is 2.06. The lowest BCUT2D eigenvalue weighted by Gasteiger charge is -2.25. The second-order valence-corrected chi connectivity index (χ2v) is 6.22. The summed E-state index contributed by atoms with van der Waals surface area (Å²) in [4.78, 5) is 11.1. The summed E-state index contributed by atoms with van der Waals surface area (Å²) in [7, 11) is 5.72. The minimum Gasteiger partial charge on any atom is -0.399 e. The van der Waals surface area contributed by atoms with Crippen molar-refractivity contribution in [2.75, 3.05) is 19.8 Å². The zero-order valence-corrected chi connectivity index (χ0v) is 15.1. The summed E-state index contributed by atoms with van der Waals surface area (Å²) in [6, 6.07) is 14.0. The zero-order chi connectivity index (χ0) is 18.1. The number of imidazole rings is 1. The number of aliphatic imine (C=N–C) groups is 1. The number of aromatic nitrogens is 2. The molecule has 3 aromatic rings. The smallest absolute Gasteiger partial charge is 0.140 e. The summed E-state index contributed by atoms with van der Waals surface area (Å²) >= 11 is 0. The van der Waals surface area contributed by atoms with Crippen LogP contribution in [0.15, 0.2) is 47.5 Å². The molecule has 0 amide bonds. The number of hydrogen-bond acceptors (Lipinski definition) is 4. The molecule has 0 radical (unpaired) electrons. The average Bonchev–Trinajstić information content (AvgIpc) is 2.92. The minimum absolute atomic E-state index is 0.108. The summed E-state index contributed by atoms with van der Waals surface area (Å²) in [5.74, 6) is 1.77. The molecule has 0 bridgehead atoms. The first kappa shape index (κ1) is 17.0. The van der Waals surface area contributed by atoms with E-state index in [4.69, 9.17) is 16.5 Å². The van der Waals surface area contributed by atoms with E-state index in [-0.39, 0.29) is 6.17 Å². The fourth-order valence-corrected chi connectivity index (χ4v) is 2.92. The predicted molar refractivity (Wildman–Crippen MR) is 104 cm³/mol. The van der Waals surface area contributed by atoms with Gasteiger partial charge in [0.1, 0.15) is 11.7 Å². The Balaban J connectivity index is 1.99. The molecule has 25 heavy (non-hydrogen) atoms. The van der Waals surface area contributed by atoms with Gasteiger partial charge in [0.15, 0.2) is 0 Å². The van der Waals surface area contributed by atoms with Crippen molar-refractivity contribution in [1.29, 1.82) is 0 Å². The highest BCUT2D eigenvalue weighted by atomic mass is 15.2. The second kappa shape index (κ2) is 6.57. The van der Waals surface area contributed by atoms with Gasteiger partial charge in [0.05, 0.1) is 17.2 Å². The zero-order valence-electron chi connectivity index (χ0n) is 15.1. The van der Waals surface area contributed by atoms with Crippen LogP contribution in [0.4, 0.5) is 5.69 Å². The maximum atomic E-state index is 5.97. The molecule has 0 saturated heterocycles. The first-order valence-electron chi connectivity index (χ1n) is 8.20. The molecule has 2 aromatic carbocycles. The van der Waals surface area contributed by atoms with Crippen LogP contribution >= 0.6 is 0 Å². The lowest BCUT2D eigenvalue weighted by molar-refractivity contribution is 0.401. The van der Waals surface area contributed by atoms with Gasteiger partial charge in [-0.15, -0.1) is 0 Å². The Hall–Kier alpha value is -2.86. The second-order valence-electron chi connectivity index (χ2n) is 6.22. The highest BCUT2D eigenvalue weighted by Crippen LogP contribution is 2.25. The Morgan fingerprint density at radius 1 is 1.20 bits per heavy atom. The Kier molecular flexibility index (Phi) is 4.46. The van der Waals surface area contributed by atoms with E-state index in [1.807, 2.05) is 56.3 Å². The standard InChI is InChI=1S/C19H24N6/c1-12(20)24(3)18(22-2)13-5-7-14(8-6-13)19-23-16-10-9-15(21)11-17(16)25(19)4/h5-12H,20-21H2,1-4H3.